The summed E-state index contributed by atoms with van der Waals surface area (Å²) in [4.78, 5) is 29.5. The maximum Gasteiger partial charge on any atom is 0.324 e. The number of anilines is 2. The zero-order chi connectivity index (χ0) is 23.4. The van der Waals surface area contributed by atoms with E-state index in [9.17, 15) is 14.0 Å². The highest BCUT2D eigenvalue weighted by Crippen LogP contribution is 2.33. The first-order chi connectivity index (χ1) is 16.0. The van der Waals surface area contributed by atoms with E-state index >= 15 is 0 Å². The number of nitrogens with one attached hydrogen (secondary N) is 1. The quantitative estimate of drug-likeness (QED) is 0.515. The monoisotopic (exact) mass is 467 g/mol. The molecule has 1 fully saturated rings. The normalized spacial score (nSPS) is 13.7. The van der Waals surface area contributed by atoms with Crippen molar-refractivity contribution < 1.29 is 18.7 Å². The van der Waals surface area contributed by atoms with Gasteiger partial charge in [-0.2, -0.15) is 0 Å². The number of ether oxygens (including phenoxy) is 1. The van der Waals surface area contributed by atoms with Gasteiger partial charge in [-0.05, 0) is 48.4 Å². The molecule has 0 spiro atoms. The fraction of sp³-hybridized carbons (Fsp3) is 0.200. The molecule has 1 aliphatic heterocycles. The van der Waals surface area contributed by atoms with Crippen LogP contribution in [0.5, 0.6) is 5.75 Å². The smallest absolute Gasteiger partial charge is 0.324 e. The van der Waals surface area contributed by atoms with Gasteiger partial charge in [-0.15, -0.1) is 0 Å². The largest absolute Gasteiger partial charge is 0.497 e. The summed E-state index contributed by atoms with van der Waals surface area (Å²) < 4.78 is 19.4. The highest BCUT2D eigenvalue weighted by atomic mass is 35.5. The van der Waals surface area contributed by atoms with Crippen molar-refractivity contribution in [1.29, 1.82) is 0 Å². The number of urea groups is 1. The van der Waals surface area contributed by atoms with Gasteiger partial charge in [0.25, 0.3) is 5.91 Å². The van der Waals surface area contributed by atoms with Crippen molar-refractivity contribution in [3.8, 4) is 5.75 Å². The number of halogens is 2. The fourth-order valence-corrected chi connectivity index (χ4v) is 4.03. The van der Waals surface area contributed by atoms with Crippen molar-refractivity contribution >= 4 is 34.9 Å². The van der Waals surface area contributed by atoms with E-state index in [4.69, 9.17) is 16.3 Å². The molecular formula is C25H23ClFN3O3. The van der Waals surface area contributed by atoms with Gasteiger partial charge in [-0.25, -0.2) is 9.18 Å². The van der Waals surface area contributed by atoms with Crippen LogP contribution >= 0.6 is 11.6 Å². The van der Waals surface area contributed by atoms with Gasteiger partial charge in [0.15, 0.2) is 0 Å². The summed E-state index contributed by atoms with van der Waals surface area (Å²) in [6.45, 7) is 1.51. The molecule has 3 aromatic rings. The molecule has 3 amide bonds. The molecule has 1 heterocycles. The number of carbonyl (C=O) groups is 2. The highest BCUT2D eigenvalue weighted by Gasteiger charge is 2.29. The lowest BCUT2D eigenvalue weighted by atomic mass is 10.1. The number of hydrogen-bond acceptors (Lipinski definition) is 3. The van der Waals surface area contributed by atoms with Crippen LogP contribution in [0.3, 0.4) is 0 Å². The third kappa shape index (κ3) is 5.09. The minimum Gasteiger partial charge on any atom is -0.497 e. The number of nitrogens with zero attached hydrogens (tertiary/aromatic N) is 2. The van der Waals surface area contributed by atoms with Crippen LogP contribution in [0.25, 0.3) is 0 Å². The van der Waals surface area contributed by atoms with Gasteiger partial charge in [-0.3, -0.25) is 9.69 Å². The van der Waals surface area contributed by atoms with Gasteiger partial charge in [-0.1, -0.05) is 35.9 Å². The van der Waals surface area contributed by atoms with E-state index in [1.807, 2.05) is 18.2 Å². The number of carbonyl (C=O) groups excluding carboxylic acids is 2. The Kier molecular flexibility index (Phi) is 6.79. The lowest BCUT2D eigenvalue weighted by molar-refractivity contribution is 0.102. The molecule has 6 nitrogen and oxygen atoms in total. The average molecular weight is 468 g/mol. The molecule has 0 radical (unpaired) electrons. The van der Waals surface area contributed by atoms with Crippen molar-refractivity contribution in [1.82, 2.24) is 4.90 Å². The van der Waals surface area contributed by atoms with Crippen molar-refractivity contribution in [2.75, 3.05) is 30.4 Å². The first-order valence-electron chi connectivity index (χ1n) is 10.5. The zero-order valence-corrected chi connectivity index (χ0v) is 18.8. The Morgan fingerprint density at radius 3 is 2.67 bits per heavy atom. The molecule has 1 aliphatic rings. The number of hydrogen-bond donors (Lipinski definition) is 1. The molecule has 0 aromatic heterocycles. The minimum atomic E-state index is -0.624. The van der Waals surface area contributed by atoms with E-state index in [1.54, 1.807) is 40.1 Å². The maximum absolute atomic E-state index is 14.1. The summed E-state index contributed by atoms with van der Waals surface area (Å²) in [7, 11) is 1.51. The summed E-state index contributed by atoms with van der Waals surface area (Å²) in [6, 6.07) is 18.0. The predicted molar refractivity (Wildman–Crippen MR) is 127 cm³/mol. The number of rotatable bonds is 6. The van der Waals surface area contributed by atoms with Crippen molar-refractivity contribution in [3.63, 3.8) is 0 Å². The fourth-order valence-electron chi connectivity index (χ4n) is 3.82. The Labute approximate surface area is 196 Å². The standard InChI is InChI=1S/C25H23ClFN3O3/c1-33-19-10-11-23(22(15-19)28-24(31)20-8-2-3-9-21(20)27)30-13-5-12-29(25(30)32)16-17-6-4-7-18(26)14-17/h2-4,6-11,14-15H,5,12-13,16H2,1H3,(H,28,31). The molecule has 0 saturated carbocycles. The van der Waals surface area contributed by atoms with Crippen LogP contribution in [-0.4, -0.2) is 37.0 Å². The van der Waals surface area contributed by atoms with Gasteiger partial charge < -0.3 is 15.0 Å². The molecule has 0 atom stereocenters. The van der Waals surface area contributed by atoms with E-state index in [1.165, 1.54) is 25.3 Å². The highest BCUT2D eigenvalue weighted by molar-refractivity contribution is 6.30. The minimum absolute atomic E-state index is 0.0844. The van der Waals surface area contributed by atoms with Crippen LogP contribution in [0.15, 0.2) is 66.7 Å². The first-order valence-corrected chi connectivity index (χ1v) is 10.9. The van der Waals surface area contributed by atoms with E-state index < -0.39 is 11.7 Å². The summed E-state index contributed by atoms with van der Waals surface area (Å²) in [5.41, 5.74) is 1.72. The molecule has 3 aromatic carbocycles. The Hall–Kier alpha value is -3.58. The molecule has 33 heavy (non-hydrogen) atoms. The second-order valence-corrected chi connectivity index (χ2v) is 8.09. The molecule has 170 valence electrons. The summed E-state index contributed by atoms with van der Waals surface area (Å²) in [5.74, 6) is -0.730. The summed E-state index contributed by atoms with van der Waals surface area (Å²) in [6.07, 6.45) is 0.749. The van der Waals surface area contributed by atoms with Crippen LogP contribution in [0.1, 0.15) is 22.3 Å². The van der Waals surface area contributed by atoms with Gasteiger partial charge in [0.2, 0.25) is 0 Å². The molecule has 1 saturated heterocycles. The lowest BCUT2D eigenvalue weighted by Crippen LogP contribution is -2.49. The lowest BCUT2D eigenvalue weighted by Gasteiger charge is -2.36. The second kappa shape index (κ2) is 9.92. The van der Waals surface area contributed by atoms with Crippen molar-refractivity contribution in [2.45, 2.75) is 13.0 Å². The van der Waals surface area contributed by atoms with Crippen molar-refractivity contribution in [2.24, 2.45) is 0 Å². The Balaban J connectivity index is 1.61. The molecule has 4 rings (SSSR count). The molecule has 0 aliphatic carbocycles. The Morgan fingerprint density at radius 1 is 1.09 bits per heavy atom. The molecule has 8 heteroatoms. The molecule has 0 unspecified atom stereocenters. The summed E-state index contributed by atoms with van der Waals surface area (Å²) in [5, 5.41) is 3.36. The van der Waals surface area contributed by atoms with Crippen LogP contribution in [0.4, 0.5) is 20.6 Å². The van der Waals surface area contributed by atoms with Crippen LogP contribution in [0.2, 0.25) is 5.02 Å². The predicted octanol–water partition coefficient (Wildman–Crippen LogP) is 5.57. The SMILES string of the molecule is COc1ccc(N2CCCN(Cc3cccc(Cl)c3)C2=O)c(NC(=O)c2ccccc2F)c1. The number of benzene rings is 3. The molecule has 1 N–H and O–H groups in total. The van der Waals surface area contributed by atoms with Gasteiger partial charge in [0.05, 0.1) is 24.0 Å². The van der Waals surface area contributed by atoms with Gasteiger partial charge in [0.1, 0.15) is 11.6 Å². The first kappa shape index (κ1) is 22.6. The molecular weight excluding hydrogens is 445 g/mol. The van der Waals surface area contributed by atoms with E-state index in [0.717, 1.165) is 12.0 Å². The topological polar surface area (TPSA) is 61.9 Å². The Morgan fingerprint density at radius 2 is 1.91 bits per heavy atom. The third-order valence-electron chi connectivity index (χ3n) is 5.43. The zero-order valence-electron chi connectivity index (χ0n) is 18.1. The van der Waals surface area contributed by atoms with Gasteiger partial charge >= 0.3 is 6.03 Å². The van der Waals surface area contributed by atoms with Crippen LogP contribution in [-0.2, 0) is 6.54 Å². The summed E-state index contributed by atoms with van der Waals surface area (Å²) >= 11 is 6.09. The second-order valence-electron chi connectivity index (χ2n) is 7.66. The van der Waals surface area contributed by atoms with E-state index in [-0.39, 0.29) is 11.6 Å². The van der Waals surface area contributed by atoms with E-state index in [0.29, 0.717) is 41.8 Å². The van der Waals surface area contributed by atoms with Gasteiger partial charge in [0, 0.05) is 30.7 Å². The third-order valence-corrected chi connectivity index (χ3v) is 5.67. The van der Waals surface area contributed by atoms with E-state index in [2.05, 4.69) is 5.32 Å². The number of amides is 3. The van der Waals surface area contributed by atoms with Crippen LogP contribution < -0.4 is 15.0 Å². The maximum atomic E-state index is 14.1. The van der Waals surface area contributed by atoms with Crippen LogP contribution in [0, 0.1) is 5.82 Å². The average Bonchev–Trinajstić information content (AvgIpc) is 2.81. The molecule has 0 bridgehead atoms. The number of methoxy groups -OCH3 is 1. The van der Waals surface area contributed by atoms with Crippen molar-refractivity contribution in [3.05, 3.63) is 88.7 Å². The Bertz CT molecular complexity index is 1190.